The number of fused-ring (bicyclic) bond motifs is 2. The number of imidazole rings is 2. The van der Waals surface area contributed by atoms with Gasteiger partial charge in [-0.2, -0.15) is 23.9 Å². The SMILES string of the molecule is Nc1nc2c(ncn2[C@@H]2O[C@H](Cc3cn([C@H]4[C@@H](O)[C@H](n5cnc6c(=O)[nH]c(N)nc65)O[C@@H]4CO[P+]4(O)OCC[C@H](c5cccc(Cl)c5)O4)nn3)[C@@H](O)[C@H]2O)c(=O)[nH]1. The van der Waals surface area contributed by atoms with E-state index < -0.39 is 74.4 Å². The minimum Gasteiger partial charge on any atom is -0.388 e. The number of aliphatic hydroxyl groups is 3. The van der Waals surface area contributed by atoms with Crippen molar-refractivity contribution in [3.63, 3.8) is 0 Å². The zero-order chi connectivity index (χ0) is 39.7. The van der Waals surface area contributed by atoms with Crippen LogP contribution < -0.4 is 22.6 Å². The van der Waals surface area contributed by atoms with E-state index in [-0.39, 0.29) is 59.6 Å². The second kappa shape index (κ2) is 14.4. The Morgan fingerprint density at radius 2 is 1.58 bits per heavy atom. The van der Waals surface area contributed by atoms with Crippen molar-refractivity contribution in [3.8, 4) is 0 Å². The normalized spacial score (nSPS) is 30.5. The highest BCUT2D eigenvalue weighted by atomic mass is 35.5. The smallest absolute Gasteiger partial charge is 0.388 e. The summed E-state index contributed by atoms with van der Waals surface area (Å²) >= 11 is 6.19. The first kappa shape index (κ1) is 37.6. The van der Waals surface area contributed by atoms with Gasteiger partial charge in [-0.25, -0.2) is 14.6 Å². The Morgan fingerprint density at radius 1 is 0.930 bits per heavy atom. The Bertz CT molecular complexity index is 2580. The maximum absolute atomic E-state index is 12.6. The van der Waals surface area contributed by atoms with Gasteiger partial charge in [0, 0.05) is 24.1 Å². The Balaban J connectivity index is 0.974. The maximum atomic E-state index is 12.6. The molecule has 24 nitrogen and oxygen atoms in total. The molecule has 3 aliphatic heterocycles. The standard InChI is InChI=1S/C31H33ClN13O11P/c32-13-3-1-2-12(6-13)15-4-5-52-57(51,56-15)53-9-17-20(22(47)28(55-17)43-10-35-18-24(43)37-30(33)39-26(18)49)45-8-14(41-42-45)7-16-21(46)23(48)29(54-16)44-11-36-19-25(44)38-31(34)40-27(19)50/h1-3,6,8,10-11,15-17,20-23,28-29,46-48,51H,4-5,7,9H2,(H5-,33,34,37,38,39,40,49,50)/p+1/t15-,16-,17-,20-,21-,22-,23-,28-,29-,57?/m1/s1. The molecule has 0 bridgehead atoms. The van der Waals surface area contributed by atoms with Crippen molar-refractivity contribution in [1.82, 2.24) is 54.0 Å². The summed E-state index contributed by atoms with van der Waals surface area (Å²) in [5.41, 5.74) is 11.3. The van der Waals surface area contributed by atoms with Gasteiger partial charge >= 0.3 is 8.17 Å². The van der Waals surface area contributed by atoms with E-state index in [1.165, 1.54) is 32.7 Å². The average molecular weight is 831 g/mol. The number of nitrogens with two attached hydrogens (primary N) is 2. The third-order valence-corrected chi connectivity index (χ3v) is 11.7. The van der Waals surface area contributed by atoms with Crippen LogP contribution in [0.3, 0.4) is 0 Å². The average Bonchev–Trinajstić information content (AvgIpc) is 4.00. The number of ether oxygens (including phenoxy) is 2. The van der Waals surface area contributed by atoms with Gasteiger partial charge < -0.3 is 36.3 Å². The lowest BCUT2D eigenvalue weighted by molar-refractivity contribution is -0.0606. The number of H-pyrrole nitrogens is 2. The third kappa shape index (κ3) is 6.83. The van der Waals surface area contributed by atoms with Crippen LogP contribution in [0.4, 0.5) is 11.9 Å². The lowest BCUT2D eigenvalue weighted by Gasteiger charge is -2.27. The summed E-state index contributed by atoms with van der Waals surface area (Å²) in [6.07, 6.45) is -5.08. The molecule has 57 heavy (non-hydrogen) atoms. The molecule has 3 aliphatic rings. The van der Waals surface area contributed by atoms with Crippen molar-refractivity contribution in [2.24, 2.45) is 0 Å². The lowest BCUT2D eigenvalue weighted by Crippen LogP contribution is -2.33. The predicted molar refractivity (Wildman–Crippen MR) is 195 cm³/mol. The molecule has 10 N–H and O–H groups in total. The number of nitrogens with one attached hydrogen (secondary N) is 2. The second-order valence-electron chi connectivity index (χ2n) is 13.6. The van der Waals surface area contributed by atoms with E-state index in [2.05, 4.69) is 40.2 Å². The fraction of sp³-hybridized carbons (Fsp3) is 0.419. The number of hydrogen-bond donors (Lipinski definition) is 8. The van der Waals surface area contributed by atoms with Crippen molar-refractivity contribution in [1.29, 1.82) is 0 Å². The molecular weight excluding hydrogens is 797 g/mol. The van der Waals surface area contributed by atoms with Crippen LogP contribution in [0.15, 0.2) is 52.7 Å². The minimum absolute atomic E-state index is 0.0305. The van der Waals surface area contributed by atoms with E-state index >= 15 is 0 Å². The monoisotopic (exact) mass is 830 g/mol. The van der Waals surface area contributed by atoms with Crippen molar-refractivity contribution < 1.29 is 43.3 Å². The van der Waals surface area contributed by atoms with Crippen molar-refractivity contribution in [2.45, 2.75) is 68.0 Å². The van der Waals surface area contributed by atoms with Crippen LogP contribution in [0.25, 0.3) is 22.3 Å². The van der Waals surface area contributed by atoms with Crippen LogP contribution in [0.5, 0.6) is 0 Å². The van der Waals surface area contributed by atoms with E-state index in [1.807, 2.05) is 0 Å². The molecular formula is C31H34ClN13O11P+. The molecule has 6 aromatic rings. The number of hydrogen-bond acceptors (Lipinski definition) is 19. The molecule has 10 atom stereocenters. The fourth-order valence-electron chi connectivity index (χ4n) is 7.26. The number of anilines is 2. The third-order valence-electron chi connectivity index (χ3n) is 9.91. The van der Waals surface area contributed by atoms with Gasteiger partial charge in [0.2, 0.25) is 11.9 Å². The van der Waals surface area contributed by atoms with Crippen LogP contribution >= 0.6 is 19.8 Å². The number of benzene rings is 1. The highest BCUT2D eigenvalue weighted by Gasteiger charge is 2.55. The fourth-order valence-corrected chi connectivity index (χ4v) is 8.87. The molecule has 0 aliphatic carbocycles. The number of aliphatic hydroxyl groups excluding tert-OH is 3. The van der Waals surface area contributed by atoms with Gasteiger partial charge in [0.15, 0.2) is 34.8 Å². The van der Waals surface area contributed by atoms with Gasteiger partial charge in [-0.05, 0) is 17.7 Å². The number of halogens is 1. The van der Waals surface area contributed by atoms with E-state index in [1.54, 1.807) is 24.3 Å². The van der Waals surface area contributed by atoms with Crippen LogP contribution in [-0.2, 0) is 29.5 Å². The first-order valence-electron chi connectivity index (χ1n) is 17.4. The van der Waals surface area contributed by atoms with Crippen molar-refractivity contribution in [2.75, 3.05) is 24.7 Å². The summed E-state index contributed by atoms with van der Waals surface area (Å²) in [5, 5.41) is 42.8. The molecule has 0 amide bonds. The van der Waals surface area contributed by atoms with Gasteiger partial charge in [0.25, 0.3) is 11.1 Å². The topological polar surface area (TPSA) is 337 Å². The molecule has 0 spiro atoms. The summed E-state index contributed by atoms with van der Waals surface area (Å²) in [6, 6.07) is 5.93. The van der Waals surface area contributed by atoms with Gasteiger partial charge in [-0.1, -0.05) is 28.9 Å². The van der Waals surface area contributed by atoms with E-state index in [0.717, 1.165) is 0 Å². The minimum atomic E-state index is -3.95. The zero-order valence-corrected chi connectivity index (χ0v) is 30.9. The van der Waals surface area contributed by atoms with E-state index in [9.17, 15) is 29.8 Å². The number of rotatable bonds is 9. The van der Waals surface area contributed by atoms with Crippen LogP contribution in [-0.4, -0.2) is 118 Å². The van der Waals surface area contributed by atoms with E-state index in [4.69, 9.17) is 46.1 Å². The molecule has 1 unspecified atom stereocenters. The summed E-state index contributed by atoms with van der Waals surface area (Å²) in [4.78, 5) is 57.4. The first-order chi connectivity index (χ1) is 27.4. The summed E-state index contributed by atoms with van der Waals surface area (Å²) in [6.45, 7) is -0.275. The van der Waals surface area contributed by atoms with Crippen molar-refractivity contribution >= 4 is 54.0 Å². The predicted octanol–water partition coefficient (Wildman–Crippen LogP) is -0.812. The molecule has 9 rings (SSSR count). The first-order valence-corrected chi connectivity index (χ1v) is 19.3. The molecule has 3 saturated heterocycles. The summed E-state index contributed by atoms with van der Waals surface area (Å²) in [5.74, 6) is -0.364. The van der Waals surface area contributed by atoms with Crippen LogP contribution in [0, 0.1) is 0 Å². The quantitative estimate of drug-likeness (QED) is 0.0826. The van der Waals surface area contributed by atoms with Crippen LogP contribution in [0.2, 0.25) is 5.02 Å². The molecule has 5 aromatic heterocycles. The van der Waals surface area contributed by atoms with Crippen molar-refractivity contribution in [3.05, 3.63) is 80.1 Å². The maximum Gasteiger partial charge on any atom is 0.573 e. The zero-order valence-electron chi connectivity index (χ0n) is 29.2. The molecule has 8 heterocycles. The lowest BCUT2D eigenvalue weighted by atomic mass is 10.1. The Morgan fingerprint density at radius 3 is 2.25 bits per heavy atom. The number of nitrogens with zero attached hydrogens (tertiary/aromatic N) is 9. The largest absolute Gasteiger partial charge is 0.573 e. The van der Waals surface area contributed by atoms with E-state index in [0.29, 0.717) is 17.0 Å². The number of aromatic amines is 2. The molecule has 0 radical (unpaired) electrons. The molecule has 3 fully saturated rings. The highest BCUT2D eigenvalue weighted by molar-refractivity contribution is 7.55. The van der Waals surface area contributed by atoms with Gasteiger partial charge in [-0.3, -0.25) is 28.7 Å². The Kier molecular flexibility index (Phi) is 9.52. The summed E-state index contributed by atoms with van der Waals surface area (Å²) < 4.78 is 33.7. The van der Waals surface area contributed by atoms with Gasteiger partial charge in [-0.15, -0.1) is 9.62 Å². The number of nitrogen functional groups attached to an aromatic ring is 2. The Labute approximate surface area is 323 Å². The molecule has 1 aromatic carbocycles. The second-order valence-corrected chi connectivity index (χ2v) is 15.7. The van der Waals surface area contributed by atoms with Gasteiger partial charge in [0.1, 0.15) is 49.8 Å². The Hall–Kier alpha value is -4.98. The molecule has 26 heteroatoms. The highest BCUT2D eigenvalue weighted by Crippen LogP contribution is 2.64. The van der Waals surface area contributed by atoms with Crippen LogP contribution in [0.1, 0.15) is 42.3 Å². The molecule has 0 saturated carbocycles. The molecule has 300 valence electrons. The number of aromatic nitrogens is 11. The summed E-state index contributed by atoms with van der Waals surface area (Å²) in [7, 11) is -3.95. The van der Waals surface area contributed by atoms with Gasteiger partial charge in [0.05, 0.1) is 24.5 Å².